The minimum atomic E-state index is -6.00. The molecule has 8 saturated heterocycles. The zero-order valence-corrected chi connectivity index (χ0v) is 63.2. The summed E-state index contributed by atoms with van der Waals surface area (Å²) in [4.78, 5) is 172. The van der Waals surface area contributed by atoms with Gasteiger partial charge in [0.15, 0.2) is 25.5 Å². The van der Waals surface area contributed by atoms with Crippen LogP contribution in [0.3, 0.4) is 0 Å². The molecule has 8 aliphatic rings. The number of aliphatic hydroxyl groups is 1. The molecule has 25 atom stereocenters. The number of nitrogens with one attached hydrogen (secondary N) is 4. The molecule has 0 aromatic carbocycles. The molecule has 582 valence electrons. The number of nitrogen functional groups attached to an aromatic ring is 1. The van der Waals surface area contributed by atoms with Gasteiger partial charge in [-0.05, 0) is 61.8 Å². The van der Waals surface area contributed by atoms with Gasteiger partial charge in [-0.3, -0.25) is 71.1 Å². The minimum Gasteiger partial charge on any atom is -0.780 e. The molecule has 42 nitrogen and oxygen atoms in total. The molecule has 0 aliphatic carbocycles. The van der Waals surface area contributed by atoms with E-state index in [1.54, 1.807) is 6.92 Å². The highest BCUT2D eigenvalue weighted by molar-refractivity contribution is 8.32. The van der Waals surface area contributed by atoms with Crippen molar-refractivity contribution >= 4 is 69.7 Å². The second-order valence-electron chi connectivity index (χ2n) is 26.9. The molecule has 7 N–H and O–H groups in total. The topological polar surface area (TPSA) is 552 Å². The van der Waals surface area contributed by atoms with Gasteiger partial charge in [0.1, 0.15) is 91.2 Å². The fourth-order valence-electron chi connectivity index (χ4n) is 14.3. The summed E-state index contributed by atoms with van der Waals surface area (Å²) in [6.45, 7) is -5.54. The highest BCUT2D eigenvalue weighted by Crippen LogP contribution is 2.62. The van der Waals surface area contributed by atoms with Gasteiger partial charge in [-0.1, -0.05) is 30.5 Å². The molecule has 0 radical (unpaired) electrons. The standard InChI is InChI=1S/C57H75N11O31P4S3/c1-10-30-31(11-34(91-30)64-14-23(3)43(70)60-51(64)75)96-101(81,104)84-18-33-32(12-35(92-33)65-15-24(4)44(71)61-52(65)76)97-102(82,105)87-21-57-29(9)89-37(48(95-57)66-13-22(2)42(58)59-50(66)74)40(57)98-100(79,80)85-20-56-28(8)90-38(49(94-56)68-17-26(6)46(73)63-54(68)78)41(56)99-103(83,106)86-19-55-27(7)88-36(39(55)69)47(93-55)67-16-25(5)45(72)62-53(67)77/h13-17,27-41,47-49,69H,10-12,18-21H2,1-9H3,(H,79,80)(H,81,104)(H,82,105)(H,83,106)(H2,58,59,74)(H,60,70,75)(H,61,71,76)(H,62,72,77)(H,63,73,78)/p-4/t27-,28-,29-,30+,31+,32+,33+,34+,35+,36?,37?,38?,39+,40+,41+,47+,48+,49+,55-,56-,57-,101?,102?,103?/m0/s1. The fourth-order valence-corrected chi connectivity index (χ4v) is 19.7. The number of aromatic amines is 4. The number of ether oxygens (including phenoxy) is 8. The molecular formula is C57H71N11O31P4S3-4. The van der Waals surface area contributed by atoms with Gasteiger partial charge in [0.2, 0.25) is 0 Å². The fraction of sp³-hybridized carbons (Fsp3) is 0.649. The molecule has 49 heteroatoms. The average molecular weight is 1630 g/mol. The van der Waals surface area contributed by atoms with Crippen molar-refractivity contribution in [3.05, 3.63) is 153 Å². The molecule has 0 amide bonds. The van der Waals surface area contributed by atoms with Crippen LogP contribution in [0, 0.1) is 34.6 Å². The van der Waals surface area contributed by atoms with E-state index in [9.17, 15) is 72.1 Å². The Hall–Kier alpha value is -5.29. The van der Waals surface area contributed by atoms with Crippen LogP contribution in [0.1, 0.15) is 106 Å². The number of aliphatic hydroxyl groups excluding tert-OH is 1. The van der Waals surface area contributed by atoms with E-state index in [2.05, 4.69) is 24.9 Å². The van der Waals surface area contributed by atoms with Crippen LogP contribution in [0.4, 0.5) is 5.82 Å². The van der Waals surface area contributed by atoms with Gasteiger partial charge in [0, 0.05) is 71.6 Å². The van der Waals surface area contributed by atoms with Crippen LogP contribution in [0.25, 0.3) is 0 Å². The van der Waals surface area contributed by atoms with Crippen LogP contribution in [0.15, 0.2) is 74.1 Å². The number of anilines is 1. The molecule has 13 heterocycles. The van der Waals surface area contributed by atoms with Crippen molar-refractivity contribution in [3.63, 3.8) is 0 Å². The quantitative estimate of drug-likeness (QED) is 0.0237. The maximum atomic E-state index is 14.9. The third-order valence-electron chi connectivity index (χ3n) is 20.1. The summed E-state index contributed by atoms with van der Waals surface area (Å²) in [5, 5.41) is 11.6. The Bertz CT molecular complexity index is 5110. The highest BCUT2D eigenvalue weighted by Gasteiger charge is 2.71. The predicted molar refractivity (Wildman–Crippen MR) is 361 cm³/mol. The van der Waals surface area contributed by atoms with E-state index >= 15 is 0 Å². The summed E-state index contributed by atoms with van der Waals surface area (Å²) in [5.74, 6) is -0.189. The van der Waals surface area contributed by atoms with Crippen molar-refractivity contribution in [1.82, 2.24) is 47.8 Å². The first kappa shape index (κ1) is 78.8. The number of aromatic nitrogens is 10. The van der Waals surface area contributed by atoms with Crippen molar-refractivity contribution in [3.8, 4) is 0 Å². The van der Waals surface area contributed by atoms with E-state index in [4.69, 9.17) is 116 Å². The first-order valence-corrected chi connectivity index (χ1v) is 41.9. The van der Waals surface area contributed by atoms with Gasteiger partial charge in [-0.2, -0.15) is 4.98 Å². The van der Waals surface area contributed by atoms with Gasteiger partial charge in [-0.15, -0.1) is 0 Å². The Morgan fingerprint density at radius 2 is 0.943 bits per heavy atom. The lowest BCUT2D eigenvalue weighted by molar-refractivity contribution is -0.254. The van der Waals surface area contributed by atoms with Crippen molar-refractivity contribution in [2.24, 2.45) is 0 Å². The summed E-state index contributed by atoms with van der Waals surface area (Å²) in [6.07, 6.45) is -19.8. The van der Waals surface area contributed by atoms with E-state index in [1.165, 1.54) is 74.0 Å². The van der Waals surface area contributed by atoms with Crippen molar-refractivity contribution in [2.75, 3.05) is 32.2 Å². The summed E-state index contributed by atoms with van der Waals surface area (Å²) in [7, 11) is -6.00. The Balaban J connectivity index is 0.755. The molecule has 5 aromatic rings. The van der Waals surface area contributed by atoms with Crippen LogP contribution < -0.4 is 71.1 Å². The van der Waals surface area contributed by atoms with E-state index in [0.29, 0.717) is 0 Å². The van der Waals surface area contributed by atoms with Crippen molar-refractivity contribution in [1.29, 1.82) is 0 Å². The second-order valence-corrected chi connectivity index (χ2v) is 36.3. The van der Waals surface area contributed by atoms with Crippen LogP contribution in [0.5, 0.6) is 0 Å². The van der Waals surface area contributed by atoms with Crippen molar-refractivity contribution < 1.29 is 103 Å². The van der Waals surface area contributed by atoms with Gasteiger partial charge < -0.3 is 112 Å². The predicted octanol–water partition coefficient (Wildman–Crippen LogP) is -3.02. The van der Waals surface area contributed by atoms with E-state index in [1.807, 2.05) is 0 Å². The van der Waals surface area contributed by atoms with Crippen LogP contribution in [-0.4, -0.2) is 175 Å². The maximum Gasteiger partial charge on any atom is 0.351 e. The molecule has 8 aliphatic heterocycles. The lowest BCUT2D eigenvalue weighted by atomic mass is 9.94. The highest BCUT2D eigenvalue weighted by atomic mass is 32.7. The Kier molecular flexibility index (Phi) is 21.4. The number of rotatable bonds is 26. The number of nitrogens with two attached hydrogens (primary N) is 1. The lowest BCUT2D eigenvalue weighted by Gasteiger charge is -2.41. The summed E-state index contributed by atoms with van der Waals surface area (Å²) >= 11 is 16.3. The Morgan fingerprint density at radius 1 is 0.547 bits per heavy atom. The summed E-state index contributed by atoms with van der Waals surface area (Å²) in [5.41, 5.74) is -7.53. The number of H-pyrrole nitrogens is 4. The third kappa shape index (κ3) is 14.5. The van der Waals surface area contributed by atoms with Gasteiger partial charge >= 0.3 is 28.4 Å². The third-order valence-corrected chi connectivity index (χ3v) is 25.7. The minimum absolute atomic E-state index is 0.0148. The van der Waals surface area contributed by atoms with Gasteiger partial charge in [0.05, 0.1) is 63.1 Å². The first-order chi connectivity index (χ1) is 49.6. The smallest absolute Gasteiger partial charge is 0.351 e. The number of phosphoric acid groups is 1. The van der Waals surface area contributed by atoms with E-state index in [0.717, 1.165) is 35.2 Å². The van der Waals surface area contributed by atoms with Crippen molar-refractivity contribution in [2.45, 2.75) is 209 Å². The van der Waals surface area contributed by atoms with E-state index in [-0.39, 0.29) is 46.5 Å². The Morgan fingerprint density at radius 3 is 1.46 bits per heavy atom. The molecular weight excluding hydrogens is 1550 g/mol. The molecule has 0 saturated carbocycles. The molecule has 5 aromatic heterocycles. The zero-order valence-electron chi connectivity index (χ0n) is 57.2. The largest absolute Gasteiger partial charge is 0.780 e. The molecule has 13 rings (SSSR count). The number of hydrogen-bond donors (Lipinski definition) is 6. The SMILES string of the molecule is CC[C@H]1O[C@@H](n2cc(C)c(=O)[nH]c2=O)C[C@H]1OP([O-])(=S)OC[C@H]1O[C@@H](n2cc(C)c(=O)[nH]c2=O)C[C@H]1OP(=O)([S-])OC[C@]12O[C@@H](n3cc(C)c(N)nc3=O)C(O[C@H]1C)[C@H]2OP(=O)([O-])OC[C@]12O[C@@H](n3cc(C)c(=O)[nH]c3=O)C(O[C@H]1C)[C@H]2OP([O-])(=S)OC[C@]12O[C@@H](n3cc(C)c(=O)[nH]c3=O)C(O[C@H]1C)[C@H]2O. The lowest BCUT2D eigenvalue weighted by Crippen LogP contribution is -2.52. The van der Waals surface area contributed by atoms with E-state index < -0.39 is 239 Å². The molecule has 0 spiro atoms. The molecule has 6 bridgehead atoms. The van der Waals surface area contributed by atoms with Crippen LogP contribution >= 0.6 is 28.1 Å². The van der Waals surface area contributed by atoms with Crippen LogP contribution in [0.2, 0.25) is 0 Å². The first-order valence-electron chi connectivity index (χ1n) is 32.8. The number of phosphoric ester groups is 1. The van der Waals surface area contributed by atoms with Crippen LogP contribution in [-0.2, 0) is 119 Å². The zero-order chi connectivity index (χ0) is 76.8. The molecule has 106 heavy (non-hydrogen) atoms. The summed E-state index contributed by atoms with van der Waals surface area (Å²) in [6, 6.07) is 0. The number of aryl methyl sites for hydroxylation is 5. The summed E-state index contributed by atoms with van der Waals surface area (Å²) < 4.78 is 132. The number of hydrogen-bond acceptors (Lipinski definition) is 36. The molecule has 7 unspecified atom stereocenters. The normalized spacial score (nSPS) is 35.9. The molecule has 8 fully saturated rings. The second kappa shape index (κ2) is 28.8. The monoisotopic (exact) mass is 1630 g/mol. The Labute approximate surface area is 611 Å². The maximum absolute atomic E-state index is 14.9. The average Bonchev–Trinajstić information content (AvgIpc) is 1.56. The number of fused-ring (bicyclic) bond motifs is 6. The van der Waals surface area contributed by atoms with Gasteiger partial charge in [-0.25, -0.2) is 24.0 Å². The van der Waals surface area contributed by atoms with Gasteiger partial charge in [0.25, 0.3) is 30.1 Å². The number of nitrogens with zero attached hydrogens (tertiary/aromatic N) is 6.